The van der Waals surface area contributed by atoms with Crippen molar-refractivity contribution in [2.75, 3.05) is 36.4 Å². The van der Waals surface area contributed by atoms with Crippen LogP contribution in [0.1, 0.15) is 61.7 Å². The number of hydrogen-bond acceptors (Lipinski definition) is 9. The molecule has 3 N–H and O–H groups in total. The molecule has 0 unspecified atom stereocenters. The first-order valence-electron chi connectivity index (χ1n) is 14.3. The van der Waals surface area contributed by atoms with Gasteiger partial charge in [0.05, 0.1) is 17.4 Å². The van der Waals surface area contributed by atoms with Crippen molar-refractivity contribution >= 4 is 45.2 Å². The third-order valence-corrected chi connectivity index (χ3v) is 8.56. The minimum absolute atomic E-state index is 0.123. The van der Waals surface area contributed by atoms with Crippen molar-refractivity contribution < 1.29 is 27.5 Å². The maximum atomic E-state index is 12.9. The molecule has 0 aromatic carbocycles. The van der Waals surface area contributed by atoms with Crippen LogP contribution in [0.15, 0.2) is 30.7 Å². The number of aromatic nitrogens is 3. The van der Waals surface area contributed by atoms with Crippen molar-refractivity contribution in [1.82, 2.24) is 25.6 Å². The molecule has 10 nitrogen and oxygen atoms in total. The number of hydrogen-bond donors (Lipinski definition) is 3. The first-order valence-corrected chi connectivity index (χ1v) is 15.1. The van der Waals surface area contributed by atoms with E-state index in [1.807, 2.05) is 0 Å². The molecule has 0 bridgehead atoms. The second-order valence-electron chi connectivity index (χ2n) is 12.3. The van der Waals surface area contributed by atoms with Gasteiger partial charge >= 0.3 is 12.3 Å². The number of alkyl carbamates (subject to hydrolysis) is 1. The topological polar surface area (TPSA) is 121 Å². The van der Waals surface area contributed by atoms with Crippen molar-refractivity contribution in [1.29, 1.82) is 0 Å². The number of fused-ring (bicyclic) bond motifs is 1. The van der Waals surface area contributed by atoms with Gasteiger partial charge in [0, 0.05) is 43.3 Å². The first-order chi connectivity index (χ1) is 20.3. The van der Waals surface area contributed by atoms with Gasteiger partial charge in [-0.15, -0.1) is 11.3 Å². The minimum atomic E-state index is -4.26. The average Bonchev–Trinajstić information content (AvgIpc) is 3.51. The fourth-order valence-corrected chi connectivity index (χ4v) is 6.71. The van der Waals surface area contributed by atoms with Crippen LogP contribution < -0.4 is 20.9 Å². The highest BCUT2D eigenvalue weighted by atomic mass is 32.1. The SMILES string of the molecule is CC(C)(C)OC(=O)NCCCNC(=O)c1ccc(NC2CC3(CCN(c4ncnc5sc(CC(F)(F)F)cc45)C3)C2)nc1. The molecule has 1 saturated carbocycles. The van der Waals surface area contributed by atoms with E-state index in [4.69, 9.17) is 4.74 Å². The smallest absolute Gasteiger partial charge is 0.407 e. The van der Waals surface area contributed by atoms with Gasteiger partial charge in [-0.05, 0) is 70.1 Å². The zero-order valence-electron chi connectivity index (χ0n) is 24.4. The molecule has 2 amide bonds. The molecule has 2 fully saturated rings. The zero-order valence-corrected chi connectivity index (χ0v) is 25.2. The zero-order chi connectivity index (χ0) is 30.8. The van der Waals surface area contributed by atoms with E-state index in [-0.39, 0.29) is 22.2 Å². The number of amides is 2. The molecule has 3 aromatic rings. The third kappa shape index (κ3) is 8.03. The maximum absolute atomic E-state index is 12.9. The molecule has 43 heavy (non-hydrogen) atoms. The average molecular weight is 620 g/mol. The van der Waals surface area contributed by atoms with E-state index >= 15 is 0 Å². The molecule has 1 spiro atoms. The number of alkyl halides is 3. The van der Waals surface area contributed by atoms with Gasteiger partial charge in [0.2, 0.25) is 0 Å². The third-order valence-electron chi connectivity index (χ3n) is 7.52. The summed E-state index contributed by atoms with van der Waals surface area (Å²) < 4.78 is 43.9. The lowest BCUT2D eigenvalue weighted by Crippen LogP contribution is -2.47. The van der Waals surface area contributed by atoms with E-state index in [2.05, 4.69) is 35.8 Å². The second kappa shape index (κ2) is 12.1. The predicted octanol–water partition coefficient (Wildman–Crippen LogP) is 5.31. The highest BCUT2D eigenvalue weighted by Crippen LogP contribution is 2.50. The summed E-state index contributed by atoms with van der Waals surface area (Å²) in [5, 5.41) is 9.61. The highest BCUT2D eigenvalue weighted by molar-refractivity contribution is 7.18. The second-order valence-corrected chi connectivity index (χ2v) is 13.4. The normalized spacial score (nSPS) is 20.2. The van der Waals surface area contributed by atoms with Gasteiger partial charge < -0.3 is 25.6 Å². The number of rotatable bonds is 9. The summed E-state index contributed by atoms with van der Waals surface area (Å²) in [5.74, 6) is 1.17. The van der Waals surface area contributed by atoms with Crippen LogP contribution >= 0.6 is 11.3 Å². The van der Waals surface area contributed by atoms with E-state index in [0.29, 0.717) is 46.9 Å². The van der Waals surface area contributed by atoms with Gasteiger partial charge in [0.1, 0.15) is 28.4 Å². The minimum Gasteiger partial charge on any atom is -0.444 e. The lowest BCUT2D eigenvalue weighted by molar-refractivity contribution is -0.126. The van der Waals surface area contributed by atoms with Gasteiger partial charge in [-0.3, -0.25) is 4.79 Å². The van der Waals surface area contributed by atoms with Crippen molar-refractivity contribution in [3.8, 4) is 0 Å². The summed E-state index contributed by atoms with van der Waals surface area (Å²) in [4.78, 5) is 40.2. The Morgan fingerprint density at radius 2 is 1.88 bits per heavy atom. The number of nitrogens with one attached hydrogen (secondary N) is 3. The number of pyridine rings is 1. The summed E-state index contributed by atoms with van der Waals surface area (Å²) in [5.41, 5.74) is 0.0142. The van der Waals surface area contributed by atoms with Crippen LogP contribution in [0, 0.1) is 5.41 Å². The summed E-state index contributed by atoms with van der Waals surface area (Å²) in [6.07, 6.45) is 0.705. The largest absolute Gasteiger partial charge is 0.444 e. The molecule has 1 saturated heterocycles. The Hall–Kier alpha value is -3.68. The van der Waals surface area contributed by atoms with E-state index in [1.165, 1.54) is 12.5 Å². The van der Waals surface area contributed by atoms with Crippen LogP contribution in [-0.2, 0) is 11.2 Å². The van der Waals surface area contributed by atoms with E-state index in [0.717, 1.165) is 43.7 Å². The van der Waals surface area contributed by atoms with E-state index < -0.39 is 24.3 Å². The van der Waals surface area contributed by atoms with Crippen LogP contribution in [0.2, 0.25) is 0 Å². The summed E-state index contributed by atoms with van der Waals surface area (Å²) in [6, 6.07) is 5.34. The van der Waals surface area contributed by atoms with Crippen molar-refractivity contribution in [2.45, 2.75) is 70.7 Å². The lowest BCUT2D eigenvalue weighted by atomic mass is 9.65. The maximum Gasteiger partial charge on any atom is 0.407 e. The van der Waals surface area contributed by atoms with E-state index in [1.54, 1.807) is 39.0 Å². The van der Waals surface area contributed by atoms with Crippen molar-refractivity contribution in [2.24, 2.45) is 5.41 Å². The number of halogens is 3. The predicted molar refractivity (Wildman–Crippen MR) is 159 cm³/mol. The molecule has 5 rings (SSSR count). The Morgan fingerprint density at radius 3 is 2.58 bits per heavy atom. The number of carbonyl (C=O) groups excluding carboxylic acids is 2. The van der Waals surface area contributed by atoms with Crippen molar-refractivity contribution in [3.63, 3.8) is 0 Å². The molecule has 232 valence electrons. The molecular formula is C29H36F3N7O3S. The van der Waals surface area contributed by atoms with Crippen LogP contribution in [0.5, 0.6) is 0 Å². The molecule has 1 aliphatic carbocycles. The molecule has 14 heteroatoms. The fourth-order valence-electron chi connectivity index (χ4n) is 5.69. The molecule has 0 atom stereocenters. The Bertz CT molecular complexity index is 1450. The number of ether oxygens (including phenoxy) is 1. The number of anilines is 2. The summed E-state index contributed by atoms with van der Waals surface area (Å²) in [7, 11) is 0. The molecular weight excluding hydrogens is 583 g/mol. The Morgan fingerprint density at radius 1 is 1.12 bits per heavy atom. The molecule has 2 aliphatic rings. The van der Waals surface area contributed by atoms with E-state index in [9.17, 15) is 22.8 Å². The van der Waals surface area contributed by atoms with Crippen molar-refractivity contribution in [3.05, 3.63) is 41.2 Å². The quantitative estimate of drug-likeness (QED) is 0.276. The standard InChI is InChI=1S/C29H36F3N7O3S/c1-27(2,3)42-26(41)34-9-4-8-33-24(40)18-5-6-22(35-15-18)38-19-12-28(13-19)7-10-39(16-28)23-21-11-20(14-29(30,31)32)43-25(21)37-17-36-23/h5-6,11,15,17,19H,4,7-10,12-14,16H2,1-3H3,(H,33,40)(H,34,41)(H,35,38). The summed E-state index contributed by atoms with van der Waals surface area (Å²) in [6.45, 7) is 7.76. The lowest BCUT2D eigenvalue weighted by Gasteiger charge is -2.45. The van der Waals surface area contributed by atoms with Gasteiger partial charge in [0.15, 0.2) is 0 Å². The molecule has 0 radical (unpaired) electrons. The fraction of sp³-hybridized carbons (Fsp3) is 0.552. The number of carbonyl (C=O) groups is 2. The Kier molecular flexibility index (Phi) is 8.68. The van der Waals surface area contributed by atoms with Gasteiger partial charge in [0.25, 0.3) is 5.91 Å². The number of nitrogens with zero attached hydrogens (tertiary/aromatic N) is 4. The van der Waals surface area contributed by atoms with Crippen LogP contribution in [-0.4, -0.2) is 71.0 Å². The molecule has 3 aromatic heterocycles. The van der Waals surface area contributed by atoms with Crippen LogP contribution in [0.4, 0.5) is 29.6 Å². The first kappa shape index (κ1) is 30.8. The van der Waals surface area contributed by atoms with Crippen LogP contribution in [0.25, 0.3) is 10.2 Å². The Labute approximate surface area is 251 Å². The molecule has 4 heterocycles. The highest BCUT2D eigenvalue weighted by Gasteiger charge is 2.49. The number of thiophene rings is 1. The summed E-state index contributed by atoms with van der Waals surface area (Å²) >= 11 is 1.07. The van der Waals surface area contributed by atoms with Gasteiger partial charge in [-0.1, -0.05) is 0 Å². The van der Waals surface area contributed by atoms with Gasteiger partial charge in [-0.2, -0.15) is 13.2 Å². The Balaban J connectivity index is 1.06. The van der Waals surface area contributed by atoms with Gasteiger partial charge in [-0.25, -0.2) is 19.7 Å². The monoisotopic (exact) mass is 619 g/mol. The van der Waals surface area contributed by atoms with Crippen LogP contribution in [0.3, 0.4) is 0 Å². The molecule has 1 aliphatic heterocycles.